The summed E-state index contributed by atoms with van der Waals surface area (Å²) in [6.07, 6.45) is 3.21. The SMILES string of the molecule is NC(CN(C(=O)c1ccccc1)c1ccc(O)cc1)c1ccc(C(=O)Nc2ccncc2)cc1. The number of hydrogen-bond acceptors (Lipinski definition) is 5. The monoisotopic (exact) mass is 452 g/mol. The number of nitrogens with one attached hydrogen (secondary N) is 1. The van der Waals surface area contributed by atoms with Crippen LogP contribution in [0.5, 0.6) is 5.75 Å². The summed E-state index contributed by atoms with van der Waals surface area (Å²) in [7, 11) is 0. The second-order valence-electron chi connectivity index (χ2n) is 7.72. The van der Waals surface area contributed by atoms with Gasteiger partial charge in [-0.15, -0.1) is 0 Å². The molecule has 3 aromatic carbocycles. The van der Waals surface area contributed by atoms with Crippen LogP contribution in [-0.2, 0) is 0 Å². The first-order valence-corrected chi connectivity index (χ1v) is 10.7. The molecule has 1 aromatic heterocycles. The highest BCUT2D eigenvalue weighted by atomic mass is 16.3. The average molecular weight is 453 g/mol. The predicted octanol–water partition coefficient (Wildman–Crippen LogP) is 4.39. The number of nitrogens with zero attached hydrogens (tertiary/aromatic N) is 2. The normalized spacial score (nSPS) is 11.4. The summed E-state index contributed by atoms with van der Waals surface area (Å²) in [6, 6.07) is 25.3. The van der Waals surface area contributed by atoms with Gasteiger partial charge in [0.2, 0.25) is 0 Å². The predicted molar refractivity (Wildman–Crippen MR) is 132 cm³/mol. The molecular weight excluding hydrogens is 428 g/mol. The molecule has 0 radical (unpaired) electrons. The van der Waals surface area contributed by atoms with Gasteiger partial charge in [0.15, 0.2) is 0 Å². The van der Waals surface area contributed by atoms with Crippen LogP contribution in [0.1, 0.15) is 32.3 Å². The molecule has 1 heterocycles. The Kier molecular flexibility index (Phi) is 6.95. The van der Waals surface area contributed by atoms with E-state index in [1.807, 2.05) is 6.07 Å². The highest BCUT2D eigenvalue weighted by Crippen LogP contribution is 2.24. The van der Waals surface area contributed by atoms with Crippen LogP contribution in [0.3, 0.4) is 0 Å². The molecule has 170 valence electrons. The number of amides is 2. The molecule has 4 N–H and O–H groups in total. The number of rotatable bonds is 7. The lowest BCUT2D eigenvalue weighted by Crippen LogP contribution is -2.37. The standard InChI is InChI=1S/C27H24N4O3/c28-25(19-6-8-20(9-7-19)26(33)30-22-14-16-29-17-15-22)18-31(23-10-12-24(32)13-11-23)27(34)21-4-2-1-3-5-21/h1-17,25,32H,18,28H2,(H,29,30,33). The number of pyridine rings is 1. The molecule has 4 aromatic rings. The van der Waals surface area contributed by atoms with Crippen LogP contribution in [0.2, 0.25) is 0 Å². The summed E-state index contributed by atoms with van der Waals surface area (Å²) in [5.41, 5.74) is 9.56. The van der Waals surface area contributed by atoms with Crippen molar-refractivity contribution in [3.05, 3.63) is 120 Å². The van der Waals surface area contributed by atoms with Gasteiger partial charge in [-0.05, 0) is 66.2 Å². The average Bonchev–Trinajstić information content (AvgIpc) is 2.88. The van der Waals surface area contributed by atoms with Gasteiger partial charge >= 0.3 is 0 Å². The van der Waals surface area contributed by atoms with Crippen molar-refractivity contribution in [3.8, 4) is 5.75 Å². The van der Waals surface area contributed by atoms with Crippen molar-refractivity contribution in [2.75, 3.05) is 16.8 Å². The Bertz CT molecular complexity index is 1240. The van der Waals surface area contributed by atoms with E-state index in [1.54, 1.807) is 90.1 Å². The smallest absolute Gasteiger partial charge is 0.258 e. The minimum Gasteiger partial charge on any atom is -0.508 e. The van der Waals surface area contributed by atoms with Crippen molar-refractivity contribution in [1.82, 2.24) is 4.98 Å². The van der Waals surface area contributed by atoms with Crippen LogP contribution in [0.4, 0.5) is 11.4 Å². The van der Waals surface area contributed by atoms with Crippen molar-refractivity contribution in [2.45, 2.75) is 6.04 Å². The summed E-state index contributed by atoms with van der Waals surface area (Å²) < 4.78 is 0. The van der Waals surface area contributed by atoms with E-state index in [9.17, 15) is 14.7 Å². The van der Waals surface area contributed by atoms with Gasteiger partial charge < -0.3 is 21.1 Å². The minimum absolute atomic E-state index is 0.112. The maximum atomic E-state index is 13.3. The van der Waals surface area contributed by atoms with Gasteiger partial charge in [0.1, 0.15) is 5.75 Å². The molecule has 0 saturated carbocycles. The van der Waals surface area contributed by atoms with Crippen molar-refractivity contribution in [3.63, 3.8) is 0 Å². The topological polar surface area (TPSA) is 109 Å². The quantitative estimate of drug-likeness (QED) is 0.385. The molecule has 2 amide bonds. The number of anilines is 2. The highest BCUT2D eigenvalue weighted by molar-refractivity contribution is 6.06. The van der Waals surface area contributed by atoms with E-state index in [2.05, 4.69) is 10.3 Å². The van der Waals surface area contributed by atoms with Crippen LogP contribution in [0.15, 0.2) is 103 Å². The van der Waals surface area contributed by atoms with Crippen LogP contribution >= 0.6 is 0 Å². The molecule has 7 heteroatoms. The van der Waals surface area contributed by atoms with Gasteiger partial charge in [-0.2, -0.15) is 0 Å². The fraction of sp³-hybridized carbons (Fsp3) is 0.0741. The van der Waals surface area contributed by atoms with E-state index in [1.165, 1.54) is 12.1 Å². The van der Waals surface area contributed by atoms with Gasteiger partial charge in [0.05, 0.1) is 0 Å². The Morgan fingerprint density at radius 2 is 1.50 bits per heavy atom. The van der Waals surface area contributed by atoms with Crippen LogP contribution in [0, 0.1) is 0 Å². The maximum absolute atomic E-state index is 13.3. The number of benzene rings is 3. The van der Waals surface area contributed by atoms with Gasteiger partial charge in [-0.1, -0.05) is 30.3 Å². The zero-order chi connectivity index (χ0) is 23.9. The van der Waals surface area contributed by atoms with Crippen LogP contribution < -0.4 is 16.0 Å². The van der Waals surface area contributed by atoms with E-state index in [0.717, 1.165) is 5.56 Å². The number of nitrogens with two attached hydrogens (primary N) is 1. The molecule has 7 nitrogen and oxygen atoms in total. The van der Waals surface area contributed by atoms with Gasteiger partial charge in [0.25, 0.3) is 11.8 Å². The molecule has 0 aliphatic rings. The van der Waals surface area contributed by atoms with Gasteiger partial charge in [-0.3, -0.25) is 14.6 Å². The van der Waals surface area contributed by atoms with E-state index >= 15 is 0 Å². The molecule has 0 bridgehead atoms. The molecule has 0 aliphatic carbocycles. The molecular formula is C27H24N4O3. The number of hydrogen-bond donors (Lipinski definition) is 3. The third-order valence-corrected chi connectivity index (χ3v) is 5.35. The van der Waals surface area contributed by atoms with Crippen LogP contribution in [0.25, 0.3) is 0 Å². The summed E-state index contributed by atoms with van der Waals surface area (Å²) in [6.45, 7) is 0.209. The van der Waals surface area contributed by atoms with Crippen LogP contribution in [-0.4, -0.2) is 28.4 Å². The Labute approximate surface area is 197 Å². The highest BCUT2D eigenvalue weighted by Gasteiger charge is 2.21. The first-order valence-electron chi connectivity index (χ1n) is 10.7. The lowest BCUT2D eigenvalue weighted by molar-refractivity contribution is 0.0984. The van der Waals surface area contributed by atoms with Gasteiger partial charge in [-0.25, -0.2) is 0 Å². The van der Waals surface area contributed by atoms with Crippen molar-refractivity contribution < 1.29 is 14.7 Å². The lowest BCUT2D eigenvalue weighted by atomic mass is 10.0. The van der Waals surface area contributed by atoms with Gasteiger partial charge in [0, 0.05) is 47.5 Å². The summed E-state index contributed by atoms with van der Waals surface area (Å²) in [5, 5.41) is 12.5. The van der Waals surface area contributed by atoms with E-state index in [4.69, 9.17) is 5.73 Å². The van der Waals surface area contributed by atoms with E-state index in [-0.39, 0.29) is 24.1 Å². The van der Waals surface area contributed by atoms with E-state index in [0.29, 0.717) is 22.5 Å². The number of carbonyl (C=O) groups is 2. The molecule has 0 saturated heterocycles. The molecule has 0 fully saturated rings. The first kappa shape index (κ1) is 22.7. The largest absolute Gasteiger partial charge is 0.508 e. The number of phenolic OH excluding ortho intramolecular Hbond substituents is 1. The van der Waals surface area contributed by atoms with Crippen molar-refractivity contribution >= 4 is 23.2 Å². The minimum atomic E-state index is -0.501. The molecule has 0 aliphatic heterocycles. The number of phenols is 1. The first-order chi connectivity index (χ1) is 16.5. The maximum Gasteiger partial charge on any atom is 0.258 e. The third-order valence-electron chi connectivity index (χ3n) is 5.35. The second kappa shape index (κ2) is 10.4. The number of aromatic nitrogens is 1. The summed E-state index contributed by atoms with van der Waals surface area (Å²) in [5.74, 6) is -0.327. The fourth-order valence-corrected chi connectivity index (χ4v) is 3.50. The molecule has 0 spiro atoms. The lowest BCUT2D eigenvalue weighted by Gasteiger charge is -2.26. The fourth-order valence-electron chi connectivity index (χ4n) is 3.50. The third kappa shape index (κ3) is 5.46. The molecule has 1 atom stereocenters. The molecule has 1 unspecified atom stereocenters. The Hall–Kier alpha value is -4.49. The zero-order valence-electron chi connectivity index (χ0n) is 18.3. The number of aromatic hydroxyl groups is 1. The zero-order valence-corrected chi connectivity index (χ0v) is 18.3. The summed E-state index contributed by atoms with van der Waals surface area (Å²) in [4.78, 5) is 31.3. The Balaban J connectivity index is 1.51. The summed E-state index contributed by atoms with van der Waals surface area (Å²) >= 11 is 0. The Morgan fingerprint density at radius 3 is 2.15 bits per heavy atom. The number of carbonyl (C=O) groups excluding carboxylic acids is 2. The molecule has 4 rings (SSSR count). The van der Waals surface area contributed by atoms with Crippen molar-refractivity contribution in [2.24, 2.45) is 5.73 Å². The molecule has 34 heavy (non-hydrogen) atoms. The Morgan fingerprint density at radius 1 is 0.853 bits per heavy atom. The second-order valence-corrected chi connectivity index (χ2v) is 7.72. The van der Waals surface area contributed by atoms with E-state index < -0.39 is 6.04 Å². The van der Waals surface area contributed by atoms with Crippen molar-refractivity contribution in [1.29, 1.82) is 0 Å².